The largest absolute Gasteiger partial charge is 0.381 e. The van der Waals surface area contributed by atoms with Gasteiger partial charge < -0.3 is 4.74 Å². The zero-order chi connectivity index (χ0) is 12.1. The molecule has 0 aromatic heterocycles. The maximum absolute atomic E-state index is 12.9. The van der Waals surface area contributed by atoms with Crippen molar-refractivity contribution in [1.82, 2.24) is 0 Å². The molecule has 1 aromatic rings. The van der Waals surface area contributed by atoms with Crippen LogP contribution in [0.2, 0.25) is 0 Å². The second-order valence-electron chi connectivity index (χ2n) is 4.61. The van der Waals surface area contributed by atoms with Crippen LogP contribution in [0, 0.1) is 11.7 Å². The molecule has 0 radical (unpaired) electrons. The first kappa shape index (κ1) is 12.2. The number of benzene rings is 1. The van der Waals surface area contributed by atoms with Crippen LogP contribution in [0.25, 0.3) is 0 Å². The van der Waals surface area contributed by atoms with E-state index in [-0.39, 0.29) is 11.6 Å². The van der Waals surface area contributed by atoms with Gasteiger partial charge in [0, 0.05) is 26.1 Å². The number of hydrogen-bond donors (Lipinski definition) is 0. The Morgan fingerprint density at radius 1 is 1.35 bits per heavy atom. The average molecular weight is 236 g/mol. The van der Waals surface area contributed by atoms with E-state index in [4.69, 9.17) is 4.74 Å². The second kappa shape index (κ2) is 5.92. The molecule has 0 aliphatic carbocycles. The Morgan fingerprint density at radius 2 is 2.12 bits per heavy atom. The summed E-state index contributed by atoms with van der Waals surface area (Å²) >= 11 is 0. The lowest BCUT2D eigenvalue weighted by Crippen LogP contribution is -2.19. The highest BCUT2D eigenvalue weighted by atomic mass is 19.1. The van der Waals surface area contributed by atoms with Crippen LogP contribution in [0.15, 0.2) is 24.3 Å². The molecule has 0 spiro atoms. The summed E-state index contributed by atoms with van der Waals surface area (Å²) in [5, 5.41) is 0. The molecule has 0 bridgehead atoms. The molecular formula is C14H17FO2. The van der Waals surface area contributed by atoms with Gasteiger partial charge in [-0.25, -0.2) is 4.39 Å². The minimum Gasteiger partial charge on any atom is -0.381 e. The summed E-state index contributed by atoms with van der Waals surface area (Å²) in [6.07, 6.45) is 2.87. The van der Waals surface area contributed by atoms with Gasteiger partial charge in [-0.15, -0.1) is 0 Å². The minimum absolute atomic E-state index is 0.197. The van der Waals surface area contributed by atoms with Crippen molar-refractivity contribution < 1.29 is 13.9 Å². The Labute approximate surface area is 101 Å². The molecular weight excluding hydrogens is 219 g/mol. The molecule has 1 saturated heterocycles. The van der Waals surface area contributed by atoms with E-state index in [0.29, 0.717) is 18.8 Å². The number of ether oxygens (including phenoxy) is 1. The Morgan fingerprint density at radius 3 is 2.82 bits per heavy atom. The number of hydrogen-bond acceptors (Lipinski definition) is 2. The number of rotatable bonds is 4. The monoisotopic (exact) mass is 236 g/mol. The van der Waals surface area contributed by atoms with Gasteiger partial charge in [0.25, 0.3) is 0 Å². The van der Waals surface area contributed by atoms with Crippen molar-refractivity contribution >= 4 is 5.78 Å². The summed E-state index contributed by atoms with van der Waals surface area (Å²) in [6, 6.07) is 6.27. The molecule has 0 unspecified atom stereocenters. The first-order valence-corrected chi connectivity index (χ1v) is 6.08. The predicted octanol–water partition coefficient (Wildman–Crippen LogP) is 2.75. The molecule has 0 N–H and O–H groups in total. The second-order valence-corrected chi connectivity index (χ2v) is 4.61. The number of carbonyl (C=O) groups excluding carboxylic acids is 1. The zero-order valence-electron chi connectivity index (χ0n) is 9.82. The third-order valence-corrected chi connectivity index (χ3v) is 3.15. The lowest BCUT2D eigenvalue weighted by molar-refractivity contribution is -0.120. The maximum Gasteiger partial charge on any atom is 0.137 e. The van der Waals surface area contributed by atoms with E-state index in [1.165, 1.54) is 12.1 Å². The Hall–Kier alpha value is -1.22. The first-order valence-electron chi connectivity index (χ1n) is 6.08. The van der Waals surface area contributed by atoms with E-state index in [9.17, 15) is 9.18 Å². The summed E-state index contributed by atoms with van der Waals surface area (Å²) < 4.78 is 18.2. The molecule has 1 heterocycles. The number of carbonyl (C=O) groups is 1. The van der Waals surface area contributed by atoms with Crippen LogP contribution in [-0.2, 0) is 16.0 Å². The molecule has 1 fully saturated rings. The molecule has 0 amide bonds. The smallest absolute Gasteiger partial charge is 0.137 e. The summed E-state index contributed by atoms with van der Waals surface area (Å²) in [5.41, 5.74) is 0.766. The van der Waals surface area contributed by atoms with Crippen molar-refractivity contribution in [3.05, 3.63) is 35.6 Å². The van der Waals surface area contributed by atoms with Gasteiger partial charge in [0.1, 0.15) is 11.6 Å². The van der Waals surface area contributed by atoms with Gasteiger partial charge in [-0.05, 0) is 36.5 Å². The van der Waals surface area contributed by atoms with Gasteiger partial charge >= 0.3 is 0 Å². The Bertz CT molecular complexity index is 384. The fraction of sp³-hybridized carbons (Fsp3) is 0.500. The van der Waals surface area contributed by atoms with Gasteiger partial charge in [0.05, 0.1) is 0 Å². The van der Waals surface area contributed by atoms with Crippen molar-refractivity contribution in [2.75, 3.05) is 13.2 Å². The highest BCUT2D eigenvalue weighted by Crippen LogP contribution is 2.19. The number of Topliss-reactive ketones (excluding diaryl/α,β-unsaturated/α-hetero) is 1. The minimum atomic E-state index is -0.277. The normalized spacial score (nSPS) is 17.0. The standard InChI is InChI=1S/C14H17FO2/c15-13-3-1-2-12(8-13)10-14(16)9-11-4-6-17-7-5-11/h1-3,8,11H,4-7,9-10H2. The maximum atomic E-state index is 12.9. The van der Waals surface area contributed by atoms with E-state index in [1.807, 2.05) is 0 Å². The molecule has 1 aliphatic heterocycles. The zero-order valence-corrected chi connectivity index (χ0v) is 9.82. The summed E-state index contributed by atoms with van der Waals surface area (Å²) in [7, 11) is 0. The molecule has 17 heavy (non-hydrogen) atoms. The molecule has 1 aliphatic rings. The quantitative estimate of drug-likeness (QED) is 0.803. The Balaban J connectivity index is 1.84. The molecule has 1 aromatic carbocycles. The fourth-order valence-corrected chi connectivity index (χ4v) is 2.22. The van der Waals surface area contributed by atoms with Crippen molar-refractivity contribution in [2.45, 2.75) is 25.7 Å². The molecule has 3 heteroatoms. The van der Waals surface area contributed by atoms with Crippen LogP contribution in [0.5, 0.6) is 0 Å². The molecule has 0 atom stereocenters. The molecule has 0 saturated carbocycles. The molecule has 2 rings (SSSR count). The number of ketones is 1. The van der Waals surface area contributed by atoms with Gasteiger partial charge in [0.2, 0.25) is 0 Å². The summed E-state index contributed by atoms with van der Waals surface area (Å²) in [5.74, 6) is 0.369. The van der Waals surface area contributed by atoms with Crippen LogP contribution in [-0.4, -0.2) is 19.0 Å². The van der Waals surface area contributed by atoms with Gasteiger partial charge in [0.15, 0.2) is 0 Å². The SMILES string of the molecule is O=C(Cc1cccc(F)c1)CC1CCOCC1. The van der Waals surface area contributed by atoms with Crippen LogP contribution < -0.4 is 0 Å². The Kier molecular flexibility index (Phi) is 4.26. The van der Waals surface area contributed by atoms with E-state index in [0.717, 1.165) is 31.6 Å². The topological polar surface area (TPSA) is 26.3 Å². The average Bonchev–Trinajstić information content (AvgIpc) is 2.30. The lowest BCUT2D eigenvalue weighted by Gasteiger charge is -2.21. The van der Waals surface area contributed by atoms with Crippen molar-refractivity contribution in [3.8, 4) is 0 Å². The number of halogens is 1. The molecule has 92 valence electrons. The van der Waals surface area contributed by atoms with Crippen molar-refractivity contribution in [3.63, 3.8) is 0 Å². The lowest BCUT2D eigenvalue weighted by atomic mass is 9.92. The van der Waals surface area contributed by atoms with Gasteiger partial charge in [-0.2, -0.15) is 0 Å². The van der Waals surface area contributed by atoms with Crippen molar-refractivity contribution in [2.24, 2.45) is 5.92 Å². The third-order valence-electron chi connectivity index (χ3n) is 3.15. The highest BCUT2D eigenvalue weighted by Gasteiger charge is 2.17. The van der Waals surface area contributed by atoms with Crippen molar-refractivity contribution in [1.29, 1.82) is 0 Å². The van der Waals surface area contributed by atoms with Gasteiger partial charge in [-0.3, -0.25) is 4.79 Å². The fourth-order valence-electron chi connectivity index (χ4n) is 2.22. The summed E-state index contributed by atoms with van der Waals surface area (Å²) in [6.45, 7) is 1.52. The molecule has 2 nitrogen and oxygen atoms in total. The highest BCUT2D eigenvalue weighted by molar-refractivity contribution is 5.81. The van der Waals surface area contributed by atoms with Gasteiger partial charge in [-0.1, -0.05) is 12.1 Å². The van der Waals surface area contributed by atoms with Crippen LogP contribution in [0.4, 0.5) is 4.39 Å². The van der Waals surface area contributed by atoms with E-state index in [1.54, 1.807) is 12.1 Å². The van der Waals surface area contributed by atoms with E-state index in [2.05, 4.69) is 0 Å². The van der Waals surface area contributed by atoms with E-state index < -0.39 is 0 Å². The summed E-state index contributed by atoms with van der Waals surface area (Å²) in [4.78, 5) is 11.8. The third kappa shape index (κ3) is 3.93. The van der Waals surface area contributed by atoms with Crippen LogP contribution >= 0.6 is 0 Å². The van der Waals surface area contributed by atoms with Crippen LogP contribution in [0.1, 0.15) is 24.8 Å². The predicted molar refractivity (Wildman–Crippen MR) is 63.3 cm³/mol. The van der Waals surface area contributed by atoms with E-state index >= 15 is 0 Å². The van der Waals surface area contributed by atoms with Crippen LogP contribution in [0.3, 0.4) is 0 Å². The first-order chi connectivity index (χ1) is 8.24.